The van der Waals surface area contributed by atoms with Gasteiger partial charge in [0.15, 0.2) is 0 Å². The van der Waals surface area contributed by atoms with Crippen LogP contribution in [0.5, 0.6) is 5.75 Å². The largest absolute Gasteiger partial charge is 0.497 e. The second kappa shape index (κ2) is 5.69. The molecule has 0 saturated heterocycles. The van der Waals surface area contributed by atoms with Gasteiger partial charge in [0.2, 0.25) is 0 Å². The first-order chi connectivity index (χ1) is 7.47. The van der Waals surface area contributed by atoms with Crippen molar-refractivity contribution in [2.24, 2.45) is 17.6 Å². The zero-order valence-electron chi connectivity index (χ0n) is 10.3. The average molecular weight is 286 g/mol. The van der Waals surface area contributed by atoms with Crippen LogP contribution in [0.3, 0.4) is 0 Å². The molecule has 0 bridgehead atoms. The Morgan fingerprint density at radius 2 is 1.88 bits per heavy atom. The Balaban J connectivity index is 2.96. The standard InChI is InChI=1S/C13H20BrNO/c1-8(2)9(3)13(15)11-6-5-10(16-4)7-12(11)14/h5-9,13H,15H2,1-4H3. The Morgan fingerprint density at radius 1 is 1.25 bits per heavy atom. The summed E-state index contributed by atoms with van der Waals surface area (Å²) in [4.78, 5) is 0. The number of hydrogen-bond donors (Lipinski definition) is 1. The summed E-state index contributed by atoms with van der Waals surface area (Å²) in [5.74, 6) is 1.87. The first kappa shape index (κ1) is 13.5. The molecule has 0 aliphatic heterocycles. The van der Waals surface area contributed by atoms with E-state index in [9.17, 15) is 0 Å². The summed E-state index contributed by atoms with van der Waals surface area (Å²) < 4.78 is 6.19. The van der Waals surface area contributed by atoms with Crippen LogP contribution >= 0.6 is 15.9 Å². The topological polar surface area (TPSA) is 35.2 Å². The first-order valence-corrected chi connectivity index (χ1v) is 6.35. The lowest BCUT2D eigenvalue weighted by atomic mass is 9.87. The van der Waals surface area contributed by atoms with Crippen molar-refractivity contribution in [1.82, 2.24) is 0 Å². The minimum absolute atomic E-state index is 0.0558. The van der Waals surface area contributed by atoms with E-state index in [2.05, 4.69) is 36.7 Å². The van der Waals surface area contributed by atoms with Crippen molar-refractivity contribution in [2.75, 3.05) is 7.11 Å². The highest BCUT2D eigenvalue weighted by Gasteiger charge is 2.20. The maximum absolute atomic E-state index is 6.26. The molecule has 0 fully saturated rings. The van der Waals surface area contributed by atoms with Gasteiger partial charge in [0, 0.05) is 10.5 Å². The van der Waals surface area contributed by atoms with Crippen molar-refractivity contribution in [3.05, 3.63) is 28.2 Å². The number of rotatable bonds is 4. The van der Waals surface area contributed by atoms with Gasteiger partial charge in [0.1, 0.15) is 5.75 Å². The highest BCUT2D eigenvalue weighted by molar-refractivity contribution is 9.10. The monoisotopic (exact) mass is 285 g/mol. The van der Waals surface area contributed by atoms with Crippen LogP contribution < -0.4 is 10.5 Å². The molecule has 16 heavy (non-hydrogen) atoms. The molecule has 0 heterocycles. The number of methoxy groups -OCH3 is 1. The summed E-state index contributed by atoms with van der Waals surface area (Å²) in [6.45, 7) is 6.58. The fraction of sp³-hybridized carbons (Fsp3) is 0.538. The Morgan fingerprint density at radius 3 is 2.31 bits per heavy atom. The van der Waals surface area contributed by atoms with Gasteiger partial charge in [-0.2, -0.15) is 0 Å². The molecule has 0 aromatic heterocycles. The van der Waals surface area contributed by atoms with Crippen LogP contribution in [-0.2, 0) is 0 Å². The van der Waals surface area contributed by atoms with Crippen molar-refractivity contribution in [1.29, 1.82) is 0 Å². The molecule has 3 heteroatoms. The highest BCUT2D eigenvalue weighted by atomic mass is 79.9. The van der Waals surface area contributed by atoms with Gasteiger partial charge >= 0.3 is 0 Å². The molecule has 90 valence electrons. The number of hydrogen-bond acceptors (Lipinski definition) is 2. The third kappa shape index (κ3) is 2.98. The normalized spacial score (nSPS) is 14.9. The number of benzene rings is 1. The molecule has 0 amide bonds. The van der Waals surface area contributed by atoms with E-state index in [0.717, 1.165) is 15.8 Å². The zero-order valence-corrected chi connectivity index (χ0v) is 11.9. The minimum Gasteiger partial charge on any atom is -0.497 e. The predicted octanol–water partition coefficient (Wildman–Crippen LogP) is 3.75. The SMILES string of the molecule is COc1ccc(C(N)C(C)C(C)C)c(Br)c1. The Kier molecular flexibility index (Phi) is 4.81. The van der Waals surface area contributed by atoms with Crippen LogP contribution in [0.4, 0.5) is 0 Å². The molecular formula is C13H20BrNO. The van der Waals surface area contributed by atoms with Crippen molar-refractivity contribution in [3.63, 3.8) is 0 Å². The van der Waals surface area contributed by atoms with E-state index in [-0.39, 0.29) is 6.04 Å². The van der Waals surface area contributed by atoms with Crippen molar-refractivity contribution >= 4 is 15.9 Å². The average Bonchev–Trinajstić information content (AvgIpc) is 2.26. The third-order valence-electron chi connectivity index (χ3n) is 3.18. The van der Waals surface area contributed by atoms with Gasteiger partial charge in [0.25, 0.3) is 0 Å². The molecule has 0 spiro atoms. The second-order valence-corrected chi connectivity index (χ2v) is 5.37. The van der Waals surface area contributed by atoms with Gasteiger partial charge in [-0.25, -0.2) is 0 Å². The number of nitrogens with two attached hydrogens (primary N) is 1. The molecular weight excluding hydrogens is 266 g/mol. The fourth-order valence-electron chi connectivity index (χ4n) is 1.60. The highest BCUT2D eigenvalue weighted by Crippen LogP contribution is 2.32. The molecule has 0 saturated carbocycles. The lowest BCUT2D eigenvalue weighted by Crippen LogP contribution is -2.23. The van der Waals surface area contributed by atoms with E-state index in [0.29, 0.717) is 11.8 Å². The maximum Gasteiger partial charge on any atom is 0.120 e. The summed E-state index contributed by atoms with van der Waals surface area (Å²) in [6, 6.07) is 6.00. The quantitative estimate of drug-likeness (QED) is 0.915. The van der Waals surface area contributed by atoms with Crippen molar-refractivity contribution < 1.29 is 4.74 Å². The van der Waals surface area contributed by atoms with Crippen LogP contribution in [0.25, 0.3) is 0 Å². The summed E-state index contributed by atoms with van der Waals surface area (Å²) in [7, 11) is 1.66. The van der Waals surface area contributed by atoms with Gasteiger partial charge in [-0.3, -0.25) is 0 Å². The zero-order chi connectivity index (χ0) is 12.3. The minimum atomic E-state index is 0.0558. The molecule has 1 aromatic rings. The Bertz CT molecular complexity index is 352. The van der Waals surface area contributed by atoms with Crippen LogP contribution in [0, 0.1) is 11.8 Å². The number of halogens is 1. The van der Waals surface area contributed by atoms with Crippen LogP contribution in [-0.4, -0.2) is 7.11 Å². The molecule has 2 atom stereocenters. The molecule has 2 nitrogen and oxygen atoms in total. The molecule has 1 aromatic carbocycles. The van der Waals surface area contributed by atoms with E-state index < -0.39 is 0 Å². The summed E-state index contributed by atoms with van der Waals surface area (Å²) in [5, 5.41) is 0. The van der Waals surface area contributed by atoms with Gasteiger partial charge in [-0.05, 0) is 29.5 Å². The summed E-state index contributed by atoms with van der Waals surface area (Å²) in [6.07, 6.45) is 0. The van der Waals surface area contributed by atoms with E-state index in [1.807, 2.05) is 18.2 Å². The van der Waals surface area contributed by atoms with Crippen molar-refractivity contribution in [2.45, 2.75) is 26.8 Å². The van der Waals surface area contributed by atoms with Gasteiger partial charge in [-0.15, -0.1) is 0 Å². The summed E-state index contributed by atoms with van der Waals surface area (Å²) in [5.41, 5.74) is 7.40. The third-order valence-corrected chi connectivity index (χ3v) is 3.87. The van der Waals surface area contributed by atoms with Crippen LogP contribution in [0.1, 0.15) is 32.4 Å². The van der Waals surface area contributed by atoms with E-state index in [4.69, 9.17) is 10.5 Å². The van der Waals surface area contributed by atoms with E-state index in [1.165, 1.54) is 0 Å². The van der Waals surface area contributed by atoms with E-state index >= 15 is 0 Å². The first-order valence-electron chi connectivity index (χ1n) is 5.56. The molecule has 1 rings (SSSR count). The van der Waals surface area contributed by atoms with Crippen LogP contribution in [0.15, 0.2) is 22.7 Å². The fourth-order valence-corrected chi connectivity index (χ4v) is 2.23. The van der Waals surface area contributed by atoms with E-state index in [1.54, 1.807) is 7.11 Å². The van der Waals surface area contributed by atoms with Gasteiger partial charge < -0.3 is 10.5 Å². The Hall–Kier alpha value is -0.540. The van der Waals surface area contributed by atoms with Gasteiger partial charge in [0.05, 0.1) is 7.11 Å². The predicted molar refractivity (Wildman–Crippen MR) is 71.6 cm³/mol. The second-order valence-electron chi connectivity index (χ2n) is 4.52. The molecule has 2 unspecified atom stereocenters. The molecule has 0 aliphatic carbocycles. The summed E-state index contributed by atoms with van der Waals surface area (Å²) >= 11 is 3.55. The molecule has 0 aliphatic rings. The smallest absolute Gasteiger partial charge is 0.120 e. The lowest BCUT2D eigenvalue weighted by molar-refractivity contribution is 0.351. The van der Waals surface area contributed by atoms with Gasteiger partial charge in [-0.1, -0.05) is 42.8 Å². The number of ether oxygens (including phenoxy) is 1. The lowest BCUT2D eigenvalue weighted by Gasteiger charge is -2.24. The molecule has 2 N–H and O–H groups in total. The maximum atomic E-state index is 6.26. The Labute approximate surface area is 106 Å². The van der Waals surface area contributed by atoms with Crippen molar-refractivity contribution in [3.8, 4) is 5.75 Å². The molecule has 0 radical (unpaired) electrons. The van der Waals surface area contributed by atoms with Crippen LogP contribution in [0.2, 0.25) is 0 Å².